The molecule has 0 aliphatic heterocycles. The van der Waals surface area contributed by atoms with Gasteiger partial charge in [0.05, 0.1) is 24.1 Å². The third-order valence-electron chi connectivity index (χ3n) is 7.38. The number of Topliss-reactive ketones (excluding diaryl/α,β-unsaturated/α-hetero) is 2. The molecule has 56 heavy (non-hydrogen) atoms. The Morgan fingerprint density at radius 1 is 0.929 bits per heavy atom. The van der Waals surface area contributed by atoms with Gasteiger partial charge in [0.2, 0.25) is 5.95 Å². The normalized spacial score (nSPS) is 10.2. The Morgan fingerprint density at radius 3 is 2.12 bits per heavy atom. The van der Waals surface area contributed by atoms with Crippen molar-refractivity contribution in [2.24, 2.45) is 5.11 Å². The zero-order valence-electron chi connectivity index (χ0n) is 31.9. The summed E-state index contributed by atoms with van der Waals surface area (Å²) in [6.45, 7) is 5.58. The highest BCUT2D eigenvalue weighted by Crippen LogP contribution is 2.14. The summed E-state index contributed by atoms with van der Waals surface area (Å²) in [6, 6.07) is 19.1. The average molecular weight is 785 g/mol. The summed E-state index contributed by atoms with van der Waals surface area (Å²) in [5.74, 6) is 3.18. The number of carbonyl (C=O) groups is 3. The van der Waals surface area contributed by atoms with E-state index in [1.54, 1.807) is 37.8 Å². The lowest BCUT2D eigenvalue weighted by molar-refractivity contribution is -0.119. The first-order valence-corrected chi connectivity index (χ1v) is 17.7. The van der Waals surface area contributed by atoms with E-state index in [0.29, 0.717) is 31.6 Å². The van der Waals surface area contributed by atoms with E-state index >= 15 is 0 Å². The van der Waals surface area contributed by atoms with Crippen LogP contribution in [0.15, 0.2) is 84.4 Å². The monoisotopic (exact) mass is 784 g/mol. The third kappa shape index (κ3) is 18.1. The smallest absolute Gasteiger partial charge is 0.421 e. The summed E-state index contributed by atoms with van der Waals surface area (Å²) >= 11 is 0. The summed E-state index contributed by atoms with van der Waals surface area (Å²) in [4.78, 5) is 48.6. The number of rotatable bonds is 15. The van der Waals surface area contributed by atoms with Crippen molar-refractivity contribution >= 4 is 42.0 Å². The summed E-state index contributed by atoms with van der Waals surface area (Å²) in [5.41, 5.74) is 23.2. The fourth-order valence-corrected chi connectivity index (χ4v) is 4.94. The van der Waals surface area contributed by atoms with Crippen molar-refractivity contribution in [3.05, 3.63) is 118 Å². The second-order valence-corrected chi connectivity index (χ2v) is 13.3. The fraction of sp³-hybridized carbons (Fsp3) is 0.359. The van der Waals surface area contributed by atoms with E-state index in [9.17, 15) is 14.4 Å². The molecule has 0 unspecified atom stereocenters. The number of terminal acetylenes is 1. The number of nitrogens with one attached hydrogen (secondary N) is 1. The number of nitrogens with zero attached hydrogens (tertiary/aromatic N) is 9. The number of anilines is 2. The van der Waals surface area contributed by atoms with Crippen LogP contribution in [0.2, 0.25) is 0 Å². The minimum absolute atomic E-state index is 0. The molecule has 296 valence electrons. The zero-order chi connectivity index (χ0) is 40.1. The number of azide groups is 1. The number of aromatic nitrogens is 7. The van der Waals surface area contributed by atoms with Gasteiger partial charge in [-0.25, -0.2) is 24.0 Å². The topological polar surface area (TPSA) is 238 Å². The lowest BCUT2D eigenvalue weighted by Crippen LogP contribution is -2.27. The number of H-pyrrole nitrogens is 1. The number of carbonyl (C=O) groups excluding carboxylic acids is 3. The van der Waals surface area contributed by atoms with E-state index < -0.39 is 11.7 Å². The molecule has 0 aliphatic carbocycles. The molecule has 5 N–H and O–H groups in total. The molecule has 3 aromatic heterocycles. The number of nitrogen functional groups attached to an aromatic ring is 2. The molecular weight excluding hydrogens is 736 g/mol. The predicted molar refractivity (Wildman–Crippen MR) is 217 cm³/mol. The van der Waals surface area contributed by atoms with Gasteiger partial charge in [0.25, 0.3) is 0 Å². The molecule has 0 aliphatic rings. The van der Waals surface area contributed by atoms with Crippen LogP contribution in [0.25, 0.3) is 10.4 Å². The highest BCUT2D eigenvalue weighted by atomic mass is 35.5. The van der Waals surface area contributed by atoms with Crippen LogP contribution in [-0.2, 0) is 53.0 Å². The first-order valence-electron chi connectivity index (χ1n) is 17.7. The Morgan fingerprint density at radius 2 is 1.55 bits per heavy atom. The number of hydrogen-bond acceptors (Lipinski definition) is 11. The summed E-state index contributed by atoms with van der Waals surface area (Å²) in [6.07, 6.45) is 15.3. The van der Waals surface area contributed by atoms with Gasteiger partial charge >= 0.3 is 6.09 Å². The summed E-state index contributed by atoms with van der Waals surface area (Å²) < 4.78 is 8.04. The molecule has 3 heterocycles. The van der Waals surface area contributed by atoms with Gasteiger partial charge in [0.15, 0.2) is 11.7 Å². The van der Waals surface area contributed by atoms with Crippen molar-refractivity contribution in [3.63, 3.8) is 0 Å². The number of unbranched alkanes of at least 4 members (excludes halogenated alkanes) is 1. The fourth-order valence-electron chi connectivity index (χ4n) is 4.94. The Hall–Kier alpha value is -6.43. The molecule has 0 saturated heterocycles. The molecule has 0 saturated carbocycles. The van der Waals surface area contributed by atoms with E-state index in [1.807, 2.05) is 66.9 Å². The number of imidazole rings is 2. The van der Waals surface area contributed by atoms with Gasteiger partial charge in [-0.05, 0) is 69.5 Å². The molecule has 0 atom stereocenters. The van der Waals surface area contributed by atoms with Crippen molar-refractivity contribution < 1.29 is 19.1 Å². The number of aromatic amines is 1. The van der Waals surface area contributed by atoms with Gasteiger partial charge in [-0.15, -0.1) is 29.8 Å². The standard InChI is InChI=1S/C17H20N6O.C13H19N3O2.C9H9N3O.ClH/c18-17-19-10-14(20-17)7-4-8-15-11-23(22-21-15)12-16(24)9-13-5-2-1-3-6-13;1-5-6-7-8-10-9-16(11(14)15-10)12(17)18-13(2,3)4;10-12-11-7-9(13)6-8-4-2-1-3-5-8;/h1-3,5-6,10-11H,4,7-9,12H2,(H3,18,19,20);1,9H,6-8H2,2-4H3,(H2,14,15);1-5H,6-7H2;1H. The Labute approximate surface area is 332 Å². The minimum atomic E-state index is -0.558. The van der Waals surface area contributed by atoms with Gasteiger partial charge in [-0.3, -0.25) is 9.59 Å². The quantitative estimate of drug-likeness (QED) is 0.0352. The largest absolute Gasteiger partial charge is 0.443 e. The molecule has 0 radical (unpaired) electrons. The molecule has 5 rings (SSSR count). The van der Waals surface area contributed by atoms with E-state index in [2.05, 4.69) is 41.2 Å². The second-order valence-electron chi connectivity index (χ2n) is 13.3. The van der Waals surface area contributed by atoms with Crippen LogP contribution in [0.1, 0.15) is 68.2 Å². The van der Waals surface area contributed by atoms with Crippen LogP contribution in [0, 0.1) is 12.3 Å². The SMILES string of the molecule is C#CCCCc1cn(C(=O)OC(C)(C)C)c(N)n1.Cl.Nc1ncc(CCCc2cn(CC(=O)Cc3ccccc3)nn2)[nH]1.[N-]=[N+]=NCC(=O)Cc1ccccc1. The van der Waals surface area contributed by atoms with Gasteiger partial charge in [-0.2, -0.15) is 0 Å². The first-order chi connectivity index (χ1) is 26.3. The lowest BCUT2D eigenvalue weighted by Gasteiger charge is -2.19. The van der Waals surface area contributed by atoms with E-state index in [-0.39, 0.29) is 43.0 Å². The Balaban J connectivity index is 0.000000302. The van der Waals surface area contributed by atoms with Crippen LogP contribution in [0.3, 0.4) is 0 Å². The maximum absolute atomic E-state index is 12.1. The van der Waals surface area contributed by atoms with Crippen molar-refractivity contribution in [1.82, 2.24) is 34.5 Å². The zero-order valence-corrected chi connectivity index (χ0v) is 32.7. The molecule has 0 spiro atoms. The Kier molecular flexibility index (Phi) is 19.7. The number of ether oxygens (including phenoxy) is 1. The van der Waals surface area contributed by atoms with Gasteiger partial charge in [-0.1, -0.05) is 71.0 Å². The van der Waals surface area contributed by atoms with Crippen molar-refractivity contribution in [2.75, 3.05) is 18.0 Å². The van der Waals surface area contributed by atoms with Gasteiger partial charge in [0.1, 0.15) is 17.9 Å². The average Bonchev–Trinajstić information content (AvgIpc) is 3.88. The van der Waals surface area contributed by atoms with E-state index in [0.717, 1.165) is 53.9 Å². The highest BCUT2D eigenvalue weighted by molar-refractivity contribution is 5.85. The number of ketones is 2. The van der Waals surface area contributed by atoms with E-state index in [1.165, 1.54) is 4.57 Å². The molecule has 0 amide bonds. The predicted octanol–water partition coefficient (Wildman–Crippen LogP) is 6.31. The maximum atomic E-state index is 12.1. The lowest BCUT2D eigenvalue weighted by atomic mass is 10.1. The van der Waals surface area contributed by atoms with Crippen LogP contribution in [-0.4, -0.2) is 64.3 Å². The van der Waals surface area contributed by atoms with Crippen LogP contribution in [0.5, 0.6) is 0 Å². The third-order valence-corrected chi connectivity index (χ3v) is 7.38. The molecule has 2 aromatic carbocycles. The summed E-state index contributed by atoms with van der Waals surface area (Å²) in [5, 5.41) is 11.4. The van der Waals surface area contributed by atoms with Crippen molar-refractivity contribution in [3.8, 4) is 12.3 Å². The van der Waals surface area contributed by atoms with Crippen LogP contribution >= 0.6 is 12.4 Å². The second kappa shape index (κ2) is 24.1. The molecule has 0 bridgehead atoms. The molecule has 0 fully saturated rings. The van der Waals surface area contributed by atoms with Crippen LogP contribution in [0.4, 0.5) is 16.7 Å². The van der Waals surface area contributed by atoms with Crippen molar-refractivity contribution in [1.29, 1.82) is 0 Å². The van der Waals surface area contributed by atoms with Crippen LogP contribution < -0.4 is 11.5 Å². The molecule has 5 aromatic rings. The highest BCUT2D eigenvalue weighted by Gasteiger charge is 2.20. The number of halogens is 1. The van der Waals surface area contributed by atoms with Gasteiger partial charge < -0.3 is 21.2 Å². The number of hydrogen-bond donors (Lipinski definition) is 3. The number of nitrogens with two attached hydrogens (primary N) is 2. The first kappa shape index (κ1) is 45.7. The van der Waals surface area contributed by atoms with E-state index in [4.69, 9.17) is 28.2 Å². The number of benzene rings is 2. The molecular formula is C39H49ClN12O4. The summed E-state index contributed by atoms with van der Waals surface area (Å²) in [7, 11) is 0. The molecule has 17 heteroatoms. The van der Waals surface area contributed by atoms with Crippen molar-refractivity contribution in [2.45, 2.75) is 84.3 Å². The van der Waals surface area contributed by atoms with Gasteiger partial charge in [0, 0.05) is 42.3 Å². The maximum Gasteiger partial charge on any atom is 0.421 e. The Bertz CT molecular complexity index is 2040. The molecule has 16 nitrogen and oxygen atoms in total. The number of aryl methyl sites for hydroxylation is 3. The minimum Gasteiger partial charge on any atom is -0.443 e.